The molecular weight excluding hydrogens is 284 g/mol. The molecule has 1 aliphatic heterocycles. The highest BCUT2D eigenvalue weighted by molar-refractivity contribution is 7.08. The van der Waals surface area contributed by atoms with Gasteiger partial charge < -0.3 is 18.6 Å². The third-order valence-electron chi connectivity index (χ3n) is 2.26. The van der Waals surface area contributed by atoms with Crippen molar-refractivity contribution >= 4 is 25.6 Å². The van der Waals surface area contributed by atoms with E-state index in [-0.39, 0.29) is 18.7 Å². The van der Waals surface area contributed by atoms with Gasteiger partial charge in [-0.15, -0.1) is 11.3 Å². The topological polar surface area (TPSA) is 54.0 Å². The first-order chi connectivity index (χ1) is 8.94. The Bertz CT molecular complexity index is 440. The van der Waals surface area contributed by atoms with Gasteiger partial charge in [0.15, 0.2) is 17.6 Å². The van der Waals surface area contributed by atoms with Gasteiger partial charge in [-0.3, -0.25) is 4.79 Å². The van der Waals surface area contributed by atoms with Crippen LogP contribution in [0, 0.1) is 0 Å². The Kier molecular flexibility index (Phi) is 4.49. The van der Waals surface area contributed by atoms with E-state index in [2.05, 4.69) is 0 Å². The second-order valence-electron chi connectivity index (χ2n) is 5.25. The molecule has 0 N–H and O–H groups in total. The van der Waals surface area contributed by atoms with E-state index in [1.807, 2.05) is 30.4 Å². The Balaban J connectivity index is 1.69. The molecule has 1 unspecified atom stereocenters. The fourth-order valence-electron chi connectivity index (χ4n) is 1.59. The Hall–Kier alpha value is -1.05. The summed E-state index contributed by atoms with van der Waals surface area (Å²) in [7, 11) is -1.83. The van der Waals surface area contributed by atoms with E-state index in [0.29, 0.717) is 13.2 Å². The van der Waals surface area contributed by atoms with Gasteiger partial charge in [-0.05, 0) is 19.6 Å². The molecule has 7 heteroatoms. The molecule has 19 heavy (non-hydrogen) atoms. The van der Waals surface area contributed by atoms with Gasteiger partial charge in [-0.2, -0.15) is 0 Å². The quantitative estimate of drug-likeness (QED) is 0.781. The van der Waals surface area contributed by atoms with Gasteiger partial charge in [0, 0.05) is 10.8 Å². The lowest BCUT2D eigenvalue weighted by Crippen LogP contribution is -2.35. The summed E-state index contributed by atoms with van der Waals surface area (Å²) < 4.78 is 21.8. The molecule has 0 bridgehead atoms. The van der Waals surface area contributed by atoms with Crippen LogP contribution < -0.4 is 9.47 Å². The minimum absolute atomic E-state index is 0.0410. The van der Waals surface area contributed by atoms with Crippen molar-refractivity contribution in [2.45, 2.75) is 25.7 Å². The Morgan fingerprint density at radius 2 is 2.16 bits per heavy atom. The number of ether oxygens (including phenoxy) is 3. The minimum atomic E-state index is -1.83. The SMILES string of the molecule is C[Si](C)(C)OC(=O)COCC1COc2cscc2O1. The maximum Gasteiger partial charge on any atom is 0.318 e. The summed E-state index contributed by atoms with van der Waals surface area (Å²) in [5.74, 6) is 1.21. The molecule has 0 aliphatic carbocycles. The number of hydrogen-bond acceptors (Lipinski definition) is 6. The van der Waals surface area contributed by atoms with Crippen LogP contribution in [0.5, 0.6) is 11.5 Å². The van der Waals surface area contributed by atoms with E-state index in [1.165, 1.54) is 11.3 Å². The molecule has 1 aromatic rings. The maximum absolute atomic E-state index is 11.5. The molecule has 1 aromatic heterocycles. The molecule has 0 spiro atoms. The number of fused-ring (bicyclic) bond motifs is 1. The first-order valence-corrected chi connectivity index (χ1v) is 10.4. The molecule has 0 radical (unpaired) electrons. The van der Waals surface area contributed by atoms with Gasteiger partial charge >= 0.3 is 5.97 Å². The van der Waals surface area contributed by atoms with Crippen molar-refractivity contribution in [1.82, 2.24) is 0 Å². The largest absolute Gasteiger partial charge is 0.518 e. The number of rotatable bonds is 5. The summed E-state index contributed by atoms with van der Waals surface area (Å²) in [4.78, 5) is 11.5. The van der Waals surface area contributed by atoms with E-state index >= 15 is 0 Å². The summed E-state index contributed by atoms with van der Waals surface area (Å²) in [6, 6.07) is 0. The molecule has 0 saturated heterocycles. The Labute approximate surface area is 117 Å². The predicted molar refractivity (Wildman–Crippen MR) is 74.5 cm³/mol. The average Bonchev–Trinajstić information content (AvgIpc) is 2.73. The molecule has 0 saturated carbocycles. The molecule has 1 aliphatic rings. The lowest BCUT2D eigenvalue weighted by atomic mass is 10.3. The van der Waals surface area contributed by atoms with Crippen molar-refractivity contribution in [2.24, 2.45) is 0 Å². The maximum atomic E-state index is 11.5. The molecule has 2 rings (SSSR count). The number of thiophene rings is 1. The van der Waals surface area contributed by atoms with Crippen LogP contribution in [0.4, 0.5) is 0 Å². The van der Waals surface area contributed by atoms with Gasteiger partial charge in [-0.1, -0.05) is 0 Å². The molecule has 1 atom stereocenters. The second-order valence-corrected chi connectivity index (χ2v) is 10.4. The Morgan fingerprint density at radius 3 is 2.89 bits per heavy atom. The van der Waals surface area contributed by atoms with Crippen LogP contribution in [0.25, 0.3) is 0 Å². The number of hydrogen-bond donors (Lipinski definition) is 0. The zero-order chi connectivity index (χ0) is 13.9. The highest BCUT2D eigenvalue weighted by Crippen LogP contribution is 2.35. The standard InChI is InChI=1S/C12H18O5SSi/c1-19(2,3)17-12(13)6-14-4-9-5-15-10-7-18-8-11(10)16-9/h7-9H,4-6H2,1-3H3. The van der Waals surface area contributed by atoms with Crippen LogP contribution in [0.2, 0.25) is 19.6 Å². The van der Waals surface area contributed by atoms with Gasteiger partial charge in [0.05, 0.1) is 6.61 Å². The van der Waals surface area contributed by atoms with E-state index in [4.69, 9.17) is 18.6 Å². The van der Waals surface area contributed by atoms with Crippen LogP contribution in [0.15, 0.2) is 10.8 Å². The zero-order valence-corrected chi connectivity index (χ0v) is 13.1. The minimum Gasteiger partial charge on any atom is -0.518 e. The van der Waals surface area contributed by atoms with E-state index in [0.717, 1.165) is 11.5 Å². The van der Waals surface area contributed by atoms with Crippen molar-refractivity contribution in [2.75, 3.05) is 19.8 Å². The van der Waals surface area contributed by atoms with Crippen LogP contribution >= 0.6 is 11.3 Å². The fourth-order valence-corrected chi connectivity index (χ4v) is 3.00. The molecule has 0 amide bonds. The van der Waals surface area contributed by atoms with Gasteiger partial charge in [0.1, 0.15) is 13.2 Å². The number of carbonyl (C=O) groups excluding carboxylic acids is 1. The molecule has 106 valence electrons. The zero-order valence-electron chi connectivity index (χ0n) is 11.3. The van der Waals surface area contributed by atoms with Crippen molar-refractivity contribution in [3.63, 3.8) is 0 Å². The molecule has 0 aromatic carbocycles. The summed E-state index contributed by atoms with van der Waals surface area (Å²) in [6.07, 6.45) is -0.179. The van der Waals surface area contributed by atoms with E-state index in [1.54, 1.807) is 0 Å². The fraction of sp³-hybridized carbons (Fsp3) is 0.583. The normalized spacial score (nSPS) is 18.2. The molecular formula is C12H18O5SSi. The number of carbonyl (C=O) groups is 1. The van der Waals surface area contributed by atoms with Crippen LogP contribution in [-0.4, -0.2) is 40.2 Å². The third kappa shape index (κ3) is 4.52. The van der Waals surface area contributed by atoms with Crippen LogP contribution in [-0.2, 0) is 14.0 Å². The Morgan fingerprint density at radius 1 is 1.42 bits per heavy atom. The van der Waals surface area contributed by atoms with Crippen molar-refractivity contribution in [1.29, 1.82) is 0 Å². The first-order valence-electron chi connectivity index (χ1n) is 6.09. The van der Waals surface area contributed by atoms with Gasteiger partial charge in [-0.25, -0.2) is 0 Å². The van der Waals surface area contributed by atoms with E-state index < -0.39 is 8.32 Å². The monoisotopic (exact) mass is 302 g/mol. The average molecular weight is 302 g/mol. The van der Waals surface area contributed by atoms with Crippen molar-refractivity contribution in [3.8, 4) is 11.5 Å². The predicted octanol–water partition coefficient (Wildman–Crippen LogP) is 2.28. The summed E-state index contributed by atoms with van der Waals surface area (Å²) in [6.45, 7) is 6.59. The van der Waals surface area contributed by atoms with Crippen LogP contribution in [0.1, 0.15) is 0 Å². The molecule has 0 fully saturated rings. The lowest BCUT2D eigenvalue weighted by molar-refractivity contribution is -0.141. The van der Waals surface area contributed by atoms with Gasteiger partial charge in [0.25, 0.3) is 0 Å². The van der Waals surface area contributed by atoms with Crippen molar-refractivity contribution in [3.05, 3.63) is 10.8 Å². The summed E-state index contributed by atoms with van der Waals surface area (Å²) in [5, 5.41) is 3.79. The van der Waals surface area contributed by atoms with Crippen LogP contribution in [0.3, 0.4) is 0 Å². The second kappa shape index (κ2) is 5.94. The molecule has 5 nitrogen and oxygen atoms in total. The first kappa shape index (κ1) is 14.4. The lowest BCUT2D eigenvalue weighted by Gasteiger charge is -2.24. The highest BCUT2D eigenvalue weighted by atomic mass is 32.1. The van der Waals surface area contributed by atoms with E-state index in [9.17, 15) is 4.79 Å². The summed E-state index contributed by atoms with van der Waals surface area (Å²) >= 11 is 1.53. The summed E-state index contributed by atoms with van der Waals surface area (Å²) in [5.41, 5.74) is 0. The highest BCUT2D eigenvalue weighted by Gasteiger charge is 2.23. The van der Waals surface area contributed by atoms with Gasteiger partial charge in [0.2, 0.25) is 8.32 Å². The smallest absolute Gasteiger partial charge is 0.318 e. The third-order valence-corrected chi connectivity index (χ3v) is 3.80. The van der Waals surface area contributed by atoms with Crippen molar-refractivity contribution < 1.29 is 23.4 Å². The molecule has 2 heterocycles.